The molecule has 2 aliphatic rings. The van der Waals surface area contributed by atoms with Crippen LogP contribution in [0.3, 0.4) is 0 Å². The Morgan fingerprint density at radius 2 is 1.71 bits per heavy atom. The molecule has 10 heteroatoms. The summed E-state index contributed by atoms with van der Waals surface area (Å²) in [5.74, 6) is 0.291. The minimum Gasteiger partial charge on any atom is -0.378 e. The van der Waals surface area contributed by atoms with E-state index in [-0.39, 0.29) is 11.7 Å². The minimum atomic E-state index is -0.214. The van der Waals surface area contributed by atoms with Crippen LogP contribution in [0.5, 0.6) is 0 Å². The number of ether oxygens (including phenoxy) is 1. The molecular weight excluding hydrogens is 401 g/mol. The van der Waals surface area contributed by atoms with E-state index in [1.54, 1.807) is 0 Å². The third kappa shape index (κ3) is 4.73. The first kappa shape index (κ1) is 19.4. The van der Waals surface area contributed by atoms with Crippen molar-refractivity contribution in [3.63, 3.8) is 0 Å². The van der Waals surface area contributed by atoms with Gasteiger partial charge in [0.25, 0.3) is 0 Å². The van der Waals surface area contributed by atoms with Gasteiger partial charge in [0, 0.05) is 45.0 Å². The molecule has 28 heavy (non-hydrogen) atoms. The lowest BCUT2D eigenvalue weighted by Crippen LogP contribution is -2.46. The van der Waals surface area contributed by atoms with Crippen LogP contribution >= 0.6 is 23.1 Å². The Morgan fingerprint density at radius 1 is 1.04 bits per heavy atom. The summed E-state index contributed by atoms with van der Waals surface area (Å²) in [7, 11) is 0. The molecule has 1 aromatic carbocycles. The fourth-order valence-electron chi connectivity index (χ4n) is 3.22. The van der Waals surface area contributed by atoms with E-state index in [0.717, 1.165) is 41.3 Å². The number of benzene rings is 1. The lowest BCUT2D eigenvalue weighted by Gasteiger charge is -2.35. The summed E-state index contributed by atoms with van der Waals surface area (Å²) in [4.78, 5) is 18.5. The summed E-state index contributed by atoms with van der Waals surface area (Å²) in [6, 6.07) is 6.62. The number of aromatic nitrogens is 2. The summed E-state index contributed by atoms with van der Waals surface area (Å²) in [6.45, 7) is 5.93. The number of amides is 1. The van der Waals surface area contributed by atoms with E-state index >= 15 is 0 Å². The Balaban J connectivity index is 1.26. The first-order valence-corrected chi connectivity index (χ1v) is 11.1. The summed E-state index contributed by atoms with van der Waals surface area (Å²) < 4.78 is 19.2. The van der Waals surface area contributed by atoms with Crippen molar-refractivity contribution in [1.82, 2.24) is 15.1 Å². The van der Waals surface area contributed by atoms with Gasteiger partial charge in [-0.3, -0.25) is 4.79 Å². The van der Waals surface area contributed by atoms with E-state index in [1.807, 2.05) is 17.0 Å². The maximum absolute atomic E-state index is 13.1. The van der Waals surface area contributed by atoms with Crippen molar-refractivity contribution >= 4 is 39.8 Å². The first-order chi connectivity index (χ1) is 13.7. The summed E-state index contributed by atoms with van der Waals surface area (Å²) in [5, 5.41) is 9.42. The highest BCUT2D eigenvalue weighted by atomic mass is 32.2. The molecule has 150 valence electrons. The average molecular weight is 424 g/mol. The Bertz CT molecular complexity index is 790. The van der Waals surface area contributed by atoms with E-state index in [1.165, 1.54) is 35.2 Å². The Labute approximate surface area is 171 Å². The summed E-state index contributed by atoms with van der Waals surface area (Å²) >= 11 is 2.98. The van der Waals surface area contributed by atoms with Crippen molar-refractivity contribution in [2.45, 2.75) is 4.34 Å². The molecule has 0 radical (unpaired) electrons. The number of carbonyl (C=O) groups excluding carboxylic acids is 1. The van der Waals surface area contributed by atoms with E-state index < -0.39 is 0 Å². The zero-order valence-electron chi connectivity index (χ0n) is 15.4. The molecular formula is C18H22FN5O2S2. The smallest absolute Gasteiger partial charge is 0.233 e. The van der Waals surface area contributed by atoms with Crippen LogP contribution in [0.15, 0.2) is 28.6 Å². The average Bonchev–Trinajstić information content (AvgIpc) is 3.22. The molecule has 2 saturated heterocycles. The Morgan fingerprint density at radius 3 is 2.43 bits per heavy atom. The van der Waals surface area contributed by atoms with Crippen LogP contribution in [0.1, 0.15) is 0 Å². The Kier molecular flexibility index (Phi) is 6.28. The van der Waals surface area contributed by atoms with Crippen LogP contribution in [-0.4, -0.2) is 79.2 Å². The fraction of sp³-hybridized carbons (Fsp3) is 0.500. The second-order valence-electron chi connectivity index (χ2n) is 6.58. The van der Waals surface area contributed by atoms with Crippen LogP contribution in [-0.2, 0) is 9.53 Å². The number of morpholine rings is 1. The van der Waals surface area contributed by atoms with Gasteiger partial charge in [-0.05, 0) is 24.3 Å². The van der Waals surface area contributed by atoms with Crippen LogP contribution in [0, 0.1) is 5.82 Å². The monoisotopic (exact) mass is 423 g/mol. The third-order valence-corrected chi connectivity index (χ3v) is 6.92. The number of anilines is 2. The number of hydrogen-bond acceptors (Lipinski definition) is 8. The predicted octanol–water partition coefficient (Wildman–Crippen LogP) is 1.95. The SMILES string of the molecule is O=C(CSc1nnc(N2CCN(c3ccc(F)cc3)CC2)s1)N1CCOCC1. The highest BCUT2D eigenvalue weighted by Gasteiger charge is 2.22. The zero-order chi connectivity index (χ0) is 19.3. The van der Waals surface area contributed by atoms with Gasteiger partial charge >= 0.3 is 0 Å². The maximum Gasteiger partial charge on any atom is 0.233 e. The number of nitrogens with zero attached hydrogens (tertiary/aromatic N) is 5. The van der Waals surface area contributed by atoms with Crippen LogP contribution in [0.2, 0.25) is 0 Å². The molecule has 4 rings (SSSR count). The molecule has 0 bridgehead atoms. The molecule has 0 aliphatic carbocycles. The van der Waals surface area contributed by atoms with Gasteiger partial charge in [0.15, 0.2) is 4.34 Å². The highest BCUT2D eigenvalue weighted by molar-refractivity contribution is 8.01. The van der Waals surface area contributed by atoms with Crippen molar-refractivity contribution < 1.29 is 13.9 Å². The lowest BCUT2D eigenvalue weighted by atomic mass is 10.2. The van der Waals surface area contributed by atoms with Crippen molar-refractivity contribution in [3.05, 3.63) is 30.1 Å². The molecule has 0 spiro atoms. The third-order valence-electron chi connectivity index (χ3n) is 4.82. The normalized spacial score (nSPS) is 17.8. The molecule has 0 N–H and O–H groups in total. The summed E-state index contributed by atoms with van der Waals surface area (Å²) in [6.07, 6.45) is 0. The molecule has 0 saturated carbocycles. The number of hydrogen-bond donors (Lipinski definition) is 0. The van der Waals surface area contributed by atoms with Gasteiger partial charge in [0.1, 0.15) is 5.82 Å². The van der Waals surface area contributed by atoms with E-state index in [9.17, 15) is 9.18 Å². The van der Waals surface area contributed by atoms with Gasteiger partial charge in [0.05, 0.1) is 19.0 Å². The van der Waals surface area contributed by atoms with E-state index in [2.05, 4.69) is 20.0 Å². The second kappa shape index (κ2) is 9.06. The van der Waals surface area contributed by atoms with Gasteiger partial charge in [0.2, 0.25) is 11.0 Å². The van der Waals surface area contributed by atoms with Gasteiger partial charge in [-0.25, -0.2) is 4.39 Å². The topological polar surface area (TPSA) is 61.8 Å². The summed E-state index contributed by atoms with van der Waals surface area (Å²) in [5.41, 5.74) is 1.04. The van der Waals surface area contributed by atoms with E-state index in [0.29, 0.717) is 32.1 Å². The number of thioether (sulfide) groups is 1. The van der Waals surface area contributed by atoms with Crippen LogP contribution in [0.4, 0.5) is 15.2 Å². The largest absolute Gasteiger partial charge is 0.378 e. The molecule has 1 aromatic heterocycles. The van der Waals surface area contributed by atoms with Crippen LogP contribution < -0.4 is 9.80 Å². The van der Waals surface area contributed by atoms with Gasteiger partial charge < -0.3 is 19.4 Å². The van der Waals surface area contributed by atoms with Crippen molar-refractivity contribution in [2.24, 2.45) is 0 Å². The molecule has 0 unspecified atom stereocenters. The number of rotatable bonds is 5. The molecule has 2 fully saturated rings. The standard InChI is InChI=1S/C18H22FN5O2S2/c19-14-1-3-15(4-2-14)22-5-7-24(8-6-22)17-20-21-18(28-17)27-13-16(25)23-9-11-26-12-10-23/h1-4H,5-13H2. The maximum atomic E-state index is 13.1. The quantitative estimate of drug-likeness (QED) is 0.681. The van der Waals surface area contributed by atoms with Crippen LogP contribution in [0.25, 0.3) is 0 Å². The molecule has 1 amide bonds. The molecule has 7 nitrogen and oxygen atoms in total. The number of carbonyl (C=O) groups is 1. The minimum absolute atomic E-state index is 0.123. The van der Waals surface area contributed by atoms with Gasteiger partial charge in [-0.1, -0.05) is 23.1 Å². The number of piperazine rings is 1. The molecule has 2 aromatic rings. The molecule has 3 heterocycles. The Hall–Kier alpha value is -1.91. The fourth-order valence-corrected chi connectivity index (χ4v) is 5.02. The van der Waals surface area contributed by atoms with Gasteiger partial charge in [-0.15, -0.1) is 10.2 Å². The first-order valence-electron chi connectivity index (χ1n) is 9.26. The highest BCUT2D eigenvalue weighted by Crippen LogP contribution is 2.29. The second-order valence-corrected chi connectivity index (χ2v) is 8.76. The molecule has 2 aliphatic heterocycles. The lowest BCUT2D eigenvalue weighted by molar-refractivity contribution is -0.132. The van der Waals surface area contributed by atoms with Gasteiger partial charge in [-0.2, -0.15) is 0 Å². The zero-order valence-corrected chi connectivity index (χ0v) is 17.1. The van der Waals surface area contributed by atoms with Crippen molar-refractivity contribution in [1.29, 1.82) is 0 Å². The van der Waals surface area contributed by atoms with Crippen molar-refractivity contribution in [2.75, 3.05) is 68.0 Å². The molecule has 0 atom stereocenters. The number of halogens is 1. The van der Waals surface area contributed by atoms with E-state index in [4.69, 9.17) is 4.74 Å². The predicted molar refractivity (Wildman–Crippen MR) is 109 cm³/mol. The van der Waals surface area contributed by atoms with Crippen molar-refractivity contribution in [3.8, 4) is 0 Å².